The molecule has 0 bridgehead atoms. The molecular weight excluding hydrogens is 348 g/mol. The number of aromatic amines is 1. The van der Waals surface area contributed by atoms with Crippen molar-refractivity contribution in [3.63, 3.8) is 0 Å². The normalized spacial score (nSPS) is 12.2. The summed E-state index contributed by atoms with van der Waals surface area (Å²) in [4.78, 5) is 15.9. The molecule has 4 heteroatoms. The Labute approximate surface area is 164 Å². The molecule has 28 heavy (non-hydrogen) atoms. The van der Waals surface area contributed by atoms with Crippen LogP contribution in [0.1, 0.15) is 24.0 Å². The molecule has 0 aliphatic rings. The fraction of sp³-hybridized carbons (Fsp3) is 0.208. The largest absolute Gasteiger partial charge is 0.497 e. The predicted octanol–water partition coefficient (Wildman–Crippen LogP) is 4.79. The number of para-hydroxylation sites is 1. The number of hydrogen-bond donors (Lipinski definition) is 2. The Morgan fingerprint density at radius 2 is 1.86 bits per heavy atom. The summed E-state index contributed by atoms with van der Waals surface area (Å²) in [6.45, 7) is 2.57. The summed E-state index contributed by atoms with van der Waals surface area (Å²) in [6, 6.07) is 20.3. The lowest BCUT2D eigenvalue weighted by Gasteiger charge is -2.13. The predicted molar refractivity (Wildman–Crippen MR) is 114 cm³/mol. The number of fused-ring (bicyclic) bond motifs is 2. The van der Waals surface area contributed by atoms with Gasteiger partial charge in [-0.05, 0) is 53.4 Å². The number of H-pyrrole nitrogens is 1. The number of rotatable bonds is 6. The van der Waals surface area contributed by atoms with Crippen molar-refractivity contribution >= 4 is 27.6 Å². The minimum absolute atomic E-state index is 0.0488. The Bertz CT molecular complexity index is 1130. The summed E-state index contributed by atoms with van der Waals surface area (Å²) in [5, 5.41) is 6.51. The number of benzene rings is 3. The summed E-state index contributed by atoms with van der Waals surface area (Å²) < 4.78 is 5.27. The summed E-state index contributed by atoms with van der Waals surface area (Å²) in [5.41, 5.74) is 3.37. The van der Waals surface area contributed by atoms with Crippen LogP contribution < -0.4 is 10.1 Å². The molecule has 0 spiro atoms. The smallest absolute Gasteiger partial charge is 0.227 e. The molecule has 142 valence electrons. The molecule has 1 aromatic heterocycles. The van der Waals surface area contributed by atoms with E-state index in [4.69, 9.17) is 4.74 Å². The average molecular weight is 372 g/mol. The SMILES string of the molecule is COc1ccc2cc(C(C)C(=O)NCCc3c[nH]c4ccccc34)ccc2c1. The van der Waals surface area contributed by atoms with Gasteiger partial charge in [-0.15, -0.1) is 0 Å². The van der Waals surface area contributed by atoms with Crippen molar-refractivity contribution in [2.45, 2.75) is 19.3 Å². The molecule has 1 amide bonds. The van der Waals surface area contributed by atoms with E-state index in [0.717, 1.165) is 34.0 Å². The van der Waals surface area contributed by atoms with Crippen LogP contribution in [0, 0.1) is 0 Å². The van der Waals surface area contributed by atoms with Crippen LogP contribution in [0.25, 0.3) is 21.7 Å². The molecule has 3 aromatic carbocycles. The highest BCUT2D eigenvalue weighted by molar-refractivity contribution is 5.88. The maximum absolute atomic E-state index is 12.6. The Balaban J connectivity index is 1.41. The van der Waals surface area contributed by atoms with Gasteiger partial charge in [-0.1, -0.05) is 42.5 Å². The van der Waals surface area contributed by atoms with E-state index in [1.807, 2.05) is 55.6 Å². The molecule has 2 N–H and O–H groups in total. The molecule has 0 saturated heterocycles. The molecule has 0 fully saturated rings. The van der Waals surface area contributed by atoms with Gasteiger partial charge in [-0.2, -0.15) is 0 Å². The average Bonchev–Trinajstić information content (AvgIpc) is 3.15. The van der Waals surface area contributed by atoms with Crippen molar-refractivity contribution in [1.29, 1.82) is 0 Å². The Morgan fingerprint density at radius 3 is 2.71 bits per heavy atom. The summed E-state index contributed by atoms with van der Waals surface area (Å²) in [5.74, 6) is 0.686. The number of methoxy groups -OCH3 is 1. The number of carbonyl (C=O) groups is 1. The van der Waals surface area contributed by atoms with Gasteiger partial charge < -0.3 is 15.0 Å². The van der Waals surface area contributed by atoms with Crippen molar-refractivity contribution in [2.24, 2.45) is 0 Å². The number of hydrogen-bond acceptors (Lipinski definition) is 2. The first-order chi connectivity index (χ1) is 13.7. The van der Waals surface area contributed by atoms with E-state index in [0.29, 0.717) is 6.54 Å². The van der Waals surface area contributed by atoms with Gasteiger partial charge in [-0.3, -0.25) is 4.79 Å². The van der Waals surface area contributed by atoms with Gasteiger partial charge in [0.1, 0.15) is 5.75 Å². The second-order valence-electron chi connectivity index (χ2n) is 7.09. The molecule has 1 heterocycles. The molecule has 0 aliphatic heterocycles. The van der Waals surface area contributed by atoms with Crippen LogP contribution in [0.3, 0.4) is 0 Å². The van der Waals surface area contributed by atoms with Gasteiger partial charge in [0.05, 0.1) is 13.0 Å². The van der Waals surface area contributed by atoms with E-state index < -0.39 is 0 Å². The molecule has 0 aliphatic carbocycles. The molecule has 0 radical (unpaired) electrons. The number of ether oxygens (including phenoxy) is 1. The van der Waals surface area contributed by atoms with Gasteiger partial charge in [0.15, 0.2) is 0 Å². The van der Waals surface area contributed by atoms with Crippen molar-refractivity contribution in [2.75, 3.05) is 13.7 Å². The fourth-order valence-corrected chi connectivity index (χ4v) is 3.60. The Kier molecular flexibility index (Phi) is 5.02. The van der Waals surface area contributed by atoms with E-state index >= 15 is 0 Å². The lowest BCUT2D eigenvalue weighted by molar-refractivity contribution is -0.122. The third-order valence-corrected chi connectivity index (χ3v) is 5.33. The molecule has 0 saturated carbocycles. The molecule has 4 nitrogen and oxygen atoms in total. The second-order valence-corrected chi connectivity index (χ2v) is 7.09. The van der Waals surface area contributed by atoms with Crippen molar-refractivity contribution < 1.29 is 9.53 Å². The van der Waals surface area contributed by atoms with Crippen LogP contribution in [-0.4, -0.2) is 24.5 Å². The second kappa shape index (κ2) is 7.77. The number of amides is 1. The zero-order valence-corrected chi connectivity index (χ0v) is 16.2. The standard InChI is InChI=1S/C24H24N2O2/c1-16(17-7-8-19-14-21(28-2)10-9-18(19)13-17)24(27)25-12-11-20-15-26-23-6-4-3-5-22(20)23/h3-10,13-16,26H,11-12H2,1-2H3,(H,25,27). The number of carbonyl (C=O) groups excluding carboxylic acids is 1. The van der Waals surface area contributed by atoms with Gasteiger partial charge in [0, 0.05) is 23.6 Å². The van der Waals surface area contributed by atoms with E-state index in [1.54, 1.807) is 7.11 Å². The Hall–Kier alpha value is -3.27. The first-order valence-electron chi connectivity index (χ1n) is 9.56. The summed E-state index contributed by atoms with van der Waals surface area (Å²) >= 11 is 0. The minimum Gasteiger partial charge on any atom is -0.497 e. The Morgan fingerprint density at radius 1 is 1.07 bits per heavy atom. The highest BCUT2D eigenvalue weighted by atomic mass is 16.5. The van der Waals surface area contributed by atoms with E-state index in [1.165, 1.54) is 10.9 Å². The minimum atomic E-state index is -0.200. The molecule has 1 atom stereocenters. The van der Waals surface area contributed by atoms with E-state index in [9.17, 15) is 4.79 Å². The number of aromatic nitrogens is 1. The third-order valence-electron chi connectivity index (χ3n) is 5.33. The van der Waals surface area contributed by atoms with Gasteiger partial charge in [0.2, 0.25) is 5.91 Å². The van der Waals surface area contributed by atoms with Crippen molar-refractivity contribution in [3.8, 4) is 5.75 Å². The first-order valence-corrected chi connectivity index (χ1v) is 9.56. The first kappa shape index (κ1) is 18.1. The van der Waals surface area contributed by atoms with Crippen LogP contribution in [0.5, 0.6) is 5.75 Å². The molecule has 4 rings (SSSR count). The van der Waals surface area contributed by atoms with E-state index in [2.05, 4.69) is 28.5 Å². The topological polar surface area (TPSA) is 54.1 Å². The van der Waals surface area contributed by atoms with Crippen LogP contribution in [0.2, 0.25) is 0 Å². The lowest BCUT2D eigenvalue weighted by atomic mass is 9.97. The van der Waals surface area contributed by atoms with Gasteiger partial charge >= 0.3 is 0 Å². The quantitative estimate of drug-likeness (QED) is 0.511. The zero-order chi connectivity index (χ0) is 19.5. The maximum Gasteiger partial charge on any atom is 0.227 e. The third kappa shape index (κ3) is 3.58. The van der Waals surface area contributed by atoms with Crippen LogP contribution in [0.4, 0.5) is 0 Å². The van der Waals surface area contributed by atoms with Crippen molar-refractivity contribution in [3.05, 3.63) is 78.0 Å². The fourth-order valence-electron chi connectivity index (χ4n) is 3.60. The van der Waals surface area contributed by atoms with Gasteiger partial charge in [-0.25, -0.2) is 0 Å². The van der Waals surface area contributed by atoms with E-state index in [-0.39, 0.29) is 11.8 Å². The highest BCUT2D eigenvalue weighted by Gasteiger charge is 2.15. The summed E-state index contributed by atoms with van der Waals surface area (Å²) in [7, 11) is 1.66. The number of nitrogens with one attached hydrogen (secondary N) is 2. The summed E-state index contributed by atoms with van der Waals surface area (Å²) in [6.07, 6.45) is 2.83. The maximum atomic E-state index is 12.6. The van der Waals surface area contributed by atoms with Crippen LogP contribution in [0.15, 0.2) is 66.9 Å². The highest BCUT2D eigenvalue weighted by Crippen LogP contribution is 2.25. The van der Waals surface area contributed by atoms with Crippen molar-refractivity contribution in [1.82, 2.24) is 10.3 Å². The molecule has 4 aromatic rings. The molecule has 1 unspecified atom stereocenters. The van der Waals surface area contributed by atoms with Crippen LogP contribution in [-0.2, 0) is 11.2 Å². The monoisotopic (exact) mass is 372 g/mol. The molecular formula is C24H24N2O2. The lowest BCUT2D eigenvalue weighted by Crippen LogP contribution is -2.29. The zero-order valence-electron chi connectivity index (χ0n) is 16.2. The van der Waals surface area contributed by atoms with Gasteiger partial charge in [0.25, 0.3) is 0 Å². The van der Waals surface area contributed by atoms with Crippen LogP contribution >= 0.6 is 0 Å².